The van der Waals surface area contributed by atoms with E-state index in [1.807, 2.05) is 19.9 Å². The van der Waals surface area contributed by atoms with Crippen molar-refractivity contribution in [3.8, 4) is 5.75 Å². The van der Waals surface area contributed by atoms with Gasteiger partial charge in [0.15, 0.2) is 6.61 Å². The Morgan fingerprint density at radius 1 is 1.50 bits per heavy atom. The Balaban J connectivity index is 2.47. The average molecular weight is 242 g/mol. The summed E-state index contributed by atoms with van der Waals surface area (Å²) >= 11 is 5.84. The standard InChI is InChI=1S/C12H16ClNO2/c1-3-6-14-12(15)8-16-11-7-10(13)5-4-9(11)2/h4-5,7H,3,6,8H2,1-2H3,(H,14,15). The first-order chi connectivity index (χ1) is 7.63. The number of aryl methyl sites for hydroxylation is 1. The second-order valence-corrected chi connectivity index (χ2v) is 3.98. The fraction of sp³-hybridized carbons (Fsp3) is 0.417. The van der Waals surface area contributed by atoms with Crippen LogP contribution in [0.5, 0.6) is 5.75 Å². The third-order valence-electron chi connectivity index (χ3n) is 2.08. The van der Waals surface area contributed by atoms with Gasteiger partial charge in [0.25, 0.3) is 5.91 Å². The van der Waals surface area contributed by atoms with Crippen molar-refractivity contribution in [2.45, 2.75) is 20.3 Å². The molecule has 88 valence electrons. The van der Waals surface area contributed by atoms with Gasteiger partial charge in [-0.3, -0.25) is 4.79 Å². The van der Waals surface area contributed by atoms with Crippen molar-refractivity contribution in [2.75, 3.05) is 13.2 Å². The summed E-state index contributed by atoms with van der Waals surface area (Å²) in [5.41, 5.74) is 0.965. The van der Waals surface area contributed by atoms with Crippen LogP contribution in [0.2, 0.25) is 5.02 Å². The Labute approximate surface area is 101 Å². The topological polar surface area (TPSA) is 38.3 Å². The van der Waals surface area contributed by atoms with Gasteiger partial charge in [0.05, 0.1) is 0 Å². The van der Waals surface area contributed by atoms with Crippen molar-refractivity contribution in [1.29, 1.82) is 0 Å². The summed E-state index contributed by atoms with van der Waals surface area (Å²) in [7, 11) is 0. The Hall–Kier alpha value is -1.22. The van der Waals surface area contributed by atoms with Crippen molar-refractivity contribution < 1.29 is 9.53 Å². The highest BCUT2D eigenvalue weighted by Crippen LogP contribution is 2.22. The van der Waals surface area contributed by atoms with Gasteiger partial charge in [0.2, 0.25) is 0 Å². The summed E-state index contributed by atoms with van der Waals surface area (Å²) in [6, 6.07) is 5.37. The molecule has 0 heterocycles. The average Bonchev–Trinajstić information content (AvgIpc) is 2.27. The van der Waals surface area contributed by atoms with Crippen LogP contribution >= 0.6 is 11.6 Å². The molecule has 1 amide bonds. The van der Waals surface area contributed by atoms with E-state index in [1.165, 1.54) is 0 Å². The number of amides is 1. The van der Waals surface area contributed by atoms with E-state index in [9.17, 15) is 4.79 Å². The number of hydrogen-bond acceptors (Lipinski definition) is 2. The number of halogens is 1. The lowest BCUT2D eigenvalue weighted by molar-refractivity contribution is -0.123. The van der Waals surface area contributed by atoms with Crippen molar-refractivity contribution in [3.05, 3.63) is 28.8 Å². The predicted molar refractivity (Wildman–Crippen MR) is 65.0 cm³/mol. The summed E-state index contributed by atoms with van der Waals surface area (Å²) in [5, 5.41) is 3.35. The summed E-state index contributed by atoms with van der Waals surface area (Å²) in [6.45, 7) is 4.62. The molecule has 0 radical (unpaired) electrons. The van der Waals surface area contributed by atoms with Gasteiger partial charge >= 0.3 is 0 Å². The van der Waals surface area contributed by atoms with Crippen LogP contribution in [0.1, 0.15) is 18.9 Å². The molecule has 0 saturated heterocycles. The van der Waals surface area contributed by atoms with Gasteiger partial charge in [-0.25, -0.2) is 0 Å². The molecule has 1 N–H and O–H groups in total. The maximum Gasteiger partial charge on any atom is 0.257 e. The maximum absolute atomic E-state index is 11.3. The minimum atomic E-state index is -0.110. The van der Waals surface area contributed by atoms with E-state index in [0.717, 1.165) is 12.0 Å². The molecule has 0 unspecified atom stereocenters. The van der Waals surface area contributed by atoms with Crippen LogP contribution in [0.15, 0.2) is 18.2 Å². The zero-order chi connectivity index (χ0) is 12.0. The van der Waals surface area contributed by atoms with Crippen molar-refractivity contribution in [3.63, 3.8) is 0 Å². The van der Waals surface area contributed by atoms with Crippen molar-refractivity contribution >= 4 is 17.5 Å². The van der Waals surface area contributed by atoms with E-state index in [1.54, 1.807) is 12.1 Å². The number of ether oxygens (including phenoxy) is 1. The summed E-state index contributed by atoms with van der Waals surface area (Å²) in [6.07, 6.45) is 0.919. The molecule has 0 spiro atoms. The van der Waals surface area contributed by atoms with Gasteiger partial charge in [-0.05, 0) is 31.0 Å². The first kappa shape index (κ1) is 12.8. The highest BCUT2D eigenvalue weighted by molar-refractivity contribution is 6.30. The molecule has 1 aromatic rings. The van der Waals surface area contributed by atoms with Crippen LogP contribution in [0.4, 0.5) is 0 Å². The van der Waals surface area contributed by atoms with E-state index in [-0.39, 0.29) is 12.5 Å². The molecule has 1 rings (SSSR count). The number of rotatable bonds is 5. The van der Waals surface area contributed by atoms with Crippen LogP contribution < -0.4 is 10.1 Å². The second kappa shape index (κ2) is 6.38. The Kier molecular flexibility index (Phi) is 5.12. The number of carbonyl (C=O) groups excluding carboxylic acids is 1. The van der Waals surface area contributed by atoms with E-state index < -0.39 is 0 Å². The fourth-order valence-electron chi connectivity index (χ4n) is 1.19. The molecule has 3 nitrogen and oxygen atoms in total. The smallest absolute Gasteiger partial charge is 0.257 e. The lowest BCUT2D eigenvalue weighted by Crippen LogP contribution is -2.29. The molecule has 0 aromatic heterocycles. The van der Waals surface area contributed by atoms with E-state index in [2.05, 4.69) is 5.32 Å². The van der Waals surface area contributed by atoms with Gasteiger partial charge in [-0.15, -0.1) is 0 Å². The zero-order valence-electron chi connectivity index (χ0n) is 9.55. The lowest BCUT2D eigenvalue weighted by atomic mass is 10.2. The minimum Gasteiger partial charge on any atom is -0.483 e. The molecular formula is C12H16ClNO2. The molecule has 0 saturated carbocycles. The van der Waals surface area contributed by atoms with Crippen LogP contribution in [0.25, 0.3) is 0 Å². The lowest BCUT2D eigenvalue weighted by Gasteiger charge is -2.09. The largest absolute Gasteiger partial charge is 0.483 e. The highest BCUT2D eigenvalue weighted by atomic mass is 35.5. The monoisotopic (exact) mass is 241 g/mol. The van der Waals surface area contributed by atoms with Crippen LogP contribution in [0.3, 0.4) is 0 Å². The van der Waals surface area contributed by atoms with Crippen LogP contribution in [-0.4, -0.2) is 19.1 Å². The van der Waals surface area contributed by atoms with E-state index in [4.69, 9.17) is 16.3 Å². The predicted octanol–water partition coefficient (Wildman–Crippen LogP) is 2.55. The Bertz CT molecular complexity index is 366. The summed E-state index contributed by atoms with van der Waals surface area (Å²) < 4.78 is 5.38. The van der Waals surface area contributed by atoms with Crippen LogP contribution in [-0.2, 0) is 4.79 Å². The molecule has 0 aliphatic heterocycles. The van der Waals surface area contributed by atoms with Gasteiger partial charge in [0.1, 0.15) is 5.75 Å². The SMILES string of the molecule is CCCNC(=O)COc1cc(Cl)ccc1C. The van der Waals surface area contributed by atoms with E-state index >= 15 is 0 Å². The summed E-state index contributed by atoms with van der Waals surface area (Å²) in [4.78, 5) is 11.3. The molecule has 0 atom stereocenters. The molecule has 16 heavy (non-hydrogen) atoms. The molecule has 0 aliphatic rings. The van der Waals surface area contributed by atoms with Crippen molar-refractivity contribution in [2.24, 2.45) is 0 Å². The molecular weight excluding hydrogens is 226 g/mol. The van der Waals surface area contributed by atoms with Crippen LogP contribution in [0, 0.1) is 6.92 Å². The molecule has 4 heteroatoms. The molecule has 0 bridgehead atoms. The first-order valence-corrected chi connectivity index (χ1v) is 5.67. The fourth-order valence-corrected chi connectivity index (χ4v) is 1.35. The number of hydrogen-bond donors (Lipinski definition) is 1. The first-order valence-electron chi connectivity index (χ1n) is 5.29. The Morgan fingerprint density at radius 2 is 2.25 bits per heavy atom. The van der Waals surface area contributed by atoms with Gasteiger partial charge in [-0.2, -0.15) is 0 Å². The van der Waals surface area contributed by atoms with Gasteiger partial charge < -0.3 is 10.1 Å². The van der Waals surface area contributed by atoms with Gasteiger partial charge in [-0.1, -0.05) is 24.6 Å². The number of nitrogens with one attached hydrogen (secondary N) is 1. The third-order valence-corrected chi connectivity index (χ3v) is 2.32. The zero-order valence-corrected chi connectivity index (χ0v) is 10.3. The Morgan fingerprint density at radius 3 is 2.94 bits per heavy atom. The van der Waals surface area contributed by atoms with E-state index in [0.29, 0.717) is 17.3 Å². The minimum absolute atomic E-state index is 0.0290. The third kappa shape index (κ3) is 4.11. The van der Waals surface area contributed by atoms with Gasteiger partial charge in [0, 0.05) is 11.6 Å². The summed E-state index contributed by atoms with van der Waals surface area (Å²) in [5.74, 6) is 0.542. The van der Waals surface area contributed by atoms with Crippen molar-refractivity contribution in [1.82, 2.24) is 5.32 Å². The number of carbonyl (C=O) groups is 1. The maximum atomic E-state index is 11.3. The quantitative estimate of drug-likeness (QED) is 0.861. The second-order valence-electron chi connectivity index (χ2n) is 3.55. The molecule has 0 fully saturated rings. The molecule has 1 aromatic carbocycles. The number of benzene rings is 1. The molecule has 0 aliphatic carbocycles. The normalized spacial score (nSPS) is 9.94. The highest BCUT2D eigenvalue weighted by Gasteiger charge is 2.04.